The van der Waals surface area contributed by atoms with Crippen molar-refractivity contribution in [3.8, 4) is 0 Å². The molecule has 1 amide bonds. The topological polar surface area (TPSA) is 57.6 Å². The summed E-state index contributed by atoms with van der Waals surface area (Å²) in [5, 5.41) is 8.79. The minimum Gasteiger partial charge on any atom is -0.481 e. The van der Waals surface area contributed by atoms with E-state index in [2.05, 4.69) is 6.92 Å². The molecule has 1 aromatic rings. The van der Waals surface area contributed by atoms with Crippen LogP contribution in [0.5, 0.6) is 0 Å². The van der Waals surface area contributed by atoms with E-state index in [-0.39, 0.29) is 18.2 Å². The van der Waals surface area contributed by atoms with E-state index in [1.54, 1.807) is 16.2 Å². The third kappa shape index (κ3) is 3.15. The van der Waals surface area contributed by atoms with E-state index in [0.29, 0.717) is 13.1 Å². The lowest BCUT2D eigenvalue weighted by atomic mass is 10.1. The van der Waals surface area contributed by atoms with Crippen LogP contribution in [0, 0.1) is 12.8 Å². The molecule has 0 saturated carbocycles. The second-order valence-electron chi connectivity index (χ2n) is 5.07. The Balaban J connectivity index is 2.02. The molecule has 2 heterocycles. The fraction of sp³-hybridized carbons (Fsp3) is 0.571. The maximum atomic E-state index is 12.3. The van der Waals surface area contributed by atoms with Gasteiger partial charge in [0.1, 0.15) is 0 Å². The summed E-state index contributed by atoms with van der Waals surface area (Å²) in [5.41, 5.74) is 1.18. The number of carboxylic acid groups (broad SMARTS) is 1. The summed E-state index contributed by atoms with van der Waals surface area (Å²) >= 11 is 1.56. The zero-order chi connectivity index (χ0) is 14.0. The molecule has 0 spiro atoms. The monoisotopic (exact) mass is 281 g/mol. The fourth-order valence-corrected chi connectivity index (χ4v) is 3.64. The van der Waals surface area contributed by atoms with Gasteiger partial charge in [0.05, 0.1) is 4.88 Å². The van der Waals surface area contributed by atoms with Crippen LogP contribution in [0.15, 0.2) is 6.07 Å². The van der Waals surface area contributed by atoms with E-state index in [1.807, 2.05) is 13.0 Å². The molecule has 2 rings (SSSR count). The van der Waals surface area contributed by atoms with Crippen molar-refractivity contribution in [2.45, 2.75) is 33.1 Å². The van der Waals surface area contributed by atoms with Crippen LogP contribution in [-0.2, 0) is 11.2 Å². The van der Waals surface area contributed by atoms with Gasteiger partial charge in [-0.05, 0) is 37.3 Å². The van der Waals surface area contributed by atoms with Gasteiger partial charge in [-0.3, -0.25) is 9.59 Å². The third-order valence-corrected chi connectivity index (χ3v) is 4.96. The Morgan fingerprint density at radius 2 is 2.26 bits per heavy atom. The number of nitrogens with zero attached hydrogens (tertiary/aromatic N) is 1. The van der Waals surface area contributed by atoms with Crippen molar-refractivity contribution in [1.29, 1.82) is 0 Å². The minimum absolute atomic E-state index is 0.0562. The molecule has 1 N–H and O–H groups in total. The van der Waals surface area contributed by atoms with Gasteiger partial charge in [-0.15, -0.1) is 11.3 Å². The first-order valence-electron chi connectivity index (χ1n) is 6.61. The second kappa shape index (κ2) is 5.74. The minimum atomic E-state index is -0.778. The number of thiophene rings is 1. The highest BCUT2D eigenvalue weighted by Crippen LogP contribution is 2.27. The quantitative estimate of drug-likeness (QED) is 0.922. The maximum Gasteiger partial charge on any atom is 0.303 e. The smallest absolute Gasteiger partial charge is 0.303 e. The molecule has 1 fully saturated rings. The summed E-state index contributed by atoms with van der Waals surface area (Å²) in [6.07, 6.45) is 1.90. The second-order valence-corrected chi connectivity index (χ2v) is 6.21. The number of carboxylic acids is 1. The van der Waals surface area contributed by atoms with Gasteiger partial charge in [-0.2, -0.15) is 0 Å². The first-order chi connectivity index (χ1) is 9.01. The third-order valence-electron chi connectivity index (χ3n) is 3.59. The van der Waals surface area contributed by atoms with Crippen molar-refractivity contribution in [3.63, 3.8) is 0 Å². The Hall–Kier alpha value is -1.36. The van der Waals surface area contributed by atoms with Gasteiger partial charge < -0.3 is 10.0 Å². The van der Waals surface area contributed by atoms with Crippen molar-refractivity contribution < 1.29 is 14.7 Å². The predicted octanol–water partition coefficient (Wildman–Crippen LogP) is 2.56. The van der Waals surface area contributed by atoms with Gasteiger partial charge in [-0.1, -0.05) is 6.92 Å². The van der Waals surface area contributed by atoms with Crippen LogP contribution in [0.1, 0.15) is 39.9 Å². The normalized spacial score (nSPS) is 18.8. The summed E-state index contributed by atoms with van der Waals surface area (Å²) in [6.45, 7) is 5.37. The average molecular weight is 281 g/mol. The molecule has 1 saturated heterocycles. The first-order valence-corrected chi connectivity index (χ1v) is 7.43. The standard InChI is InChI=1S/C14H19NO3S/c1-3-11-9(2)6-12(19-11)14(18)15-5-4-10(8-15)7-13(16)17/h6,10H,3-5,7-8H2,1-2H3,(H,16,17). The van der Waals surface area contributed by atoms with Crippen molar-refractivity contribution in [3.05, 3.63) is 21.4 Å². The summed E-state index contributed by atoms with van der Waals surface area (Å²) in [5.74, 6) is -0.617. The molecule has 104 valence electrons. The highest BCUT2D eigenvalue weighted by molar-refractivity contribution is 7.14. The van der Waals surface area contributed by atoms with E-state index in [9.17, 15) is 9.59 Å². The number of carbonyl (C=O) groups excluding carboxylic acids is 1. The van der Waals surface area contributed by atoms with Gasteiger partial charge in [0, 0.05) is 24.4 Å². The lowest BCUT2D eigenvalue weighted by Crippen LogP contribution is -2.28. The highest BCUT2D eigenvalue weighted by Gasteiger charge is 2.29. The molecular weight excluding hydrogens is 262 g/mol. The Morgan fingerprint density at radius 1 is 1.53 bits per heavy atom. The van der Waals surface area contributed by atoms with Gasteiger partial charge in [0.25, 0.3) is 5.91 Å². The molecule has 0 bridgehead atoms. The number of hydrogen-bond acceptors (Lipinski definition) is 3. The van der Waals surface area contributed by atoms with E-state index in [1.165, 1.54) is 10.4 Å². The number of hydrogen-bond donors (Lipinski definition) is 1. The Labute approximate surface area is 117 Å². The lowest BCUT2D eigenvalue weighted by molar-refractivity contribution is -0.138. The van der Waals surface area contributed by atoms with E-state index in [0.717, 1.165) is 17.7 Å². The molecule has 1 aliphatic heterocycles. The Morgan fingerprint density at radius 3 is 2.84 bits per heavy atom. The zero-order valence-corrected chi connectivity index (χ0v) is 12.1. The van der Waals surface area contributed by atoms with Crippen molar-refractivity contribution in [2.24, 2.45) is 5.92 Å². The summed E-state index contributed by atoms with van der Waals surface area (Å²) in [6, 6.07) is 1.95. The van der Waals surface area contributed by atoms with Crippen molar-refractivity contribution in [2.75, 3.05) is 13.1 Å². The predicted molar refractivity (Wildman–Crippen MR) is 74.7 cm³/mol. The van der Waals surface area contributed by atoms with Crippen LogP contribution in [0.4, 0.5) is 0 Å². The molecule has 0 aromatic carbocycles. The van der Waals surface area contributed by atoms with Gasteiger partial charge >= 0.3 is 5.97 Å². The number of aryl methyl sites for hydroxylation is 2. The summed E-state index contributed by atoms with van der Waals surface area (Å²) < 4.78 is 0. The highest BCUT2D eigenvalue weighted by atomic mass is 32.1. The van der Waals surface area contributed by atoms with Crippen LogP contribution in [0.2, 0.25) is 0 Å². The van der Waals surface area contributed by atoms with Gasteiger partial charge in [0.2, 0.25) is 0 Å². The molecule has 1 atom stereocenters. The molecule has 5 heteroatoms. The molecule has 0 aliphatic carbocycles. The molecule has 1 unspecified atom stereocenters. The molecule has 0 radical (unpaired) electrons. The molecule has 1 aromatic heterocycles. The molecule has 1 aliphatic rings. The average Bonchev–Trinajstić information content (AvgIpc) is 2.94. The van der Waals surface area contributed by atoms with Crippen LogP contribution >= 0.6 is 11.3 Å². The fourth-order valence-electron chi connectivity index (χ4n) is 2.56. The molecule has 4 nitrogen and oxygen atoms in total. The summed E-state index contributed by atoms with van der Waals surface area (Å²) in [4.78, 5) is 26.9. The van der Waals surface area contributed by atoms with Gasteiger partial charge in [-0.25, -0.2) is 0 Å². The van der Waals surface area contributed by atoms with E-state index >= 15 is 0 Å². The lowest BCUT2D eigenvalue weighted by Gasteiger charge is -2.14. The SMILES string of the molecule is CCc1sc(C(=O)N2CCC(CC(=O)O)C2)cc1C. The maximum absolute atomic E-state index is 12.3. The molecular formula is C14H19NO3S. The number of amides is 1. The first kappa shape index (κ1) is 14.1. The van der Waals surface area contributed by atoms with Crippen LogP contribution in [-0.4, -0.2) is 35.0 Å². The Bertz CT molecular complexity index is 495. The van der Waals surface area contributed by atoms with E-state index < -0.39 is 5.97 Å². The number of aliphatic carboxylic acids is 1. The van der Waals surface area contributed by atoms with Crippen LogP contribution in [0.25, 0.3) is 0 Å². The van der Waals surface area contributed by atoms with Crippen LogP contribution < -0.4 is 0 Å². The Kier molecular flexibility index (Phi) is 4.24. The molecule has 19 heavy (non-hydrogen) atoms. The van der Waals surface area contributed by atoms with Gasteiger partial charge in [0.15, 0.2) is 0 Å². The number of likely N-dealkylation sites (tertiary alicyclic amines) is 1. The van der Waals surface area contributed by atoms with E-state index in [4.69, 9.17) is 5.11 Å². The number of carbonyl (C=O) groups is 2. The van der Waals surface area contributed by atoms with Crippen molar-refractivity contribution in [1.82, 2.24) is 4.90 Å². The van der Waals surface area contributed by atoms with Crippen molar-refractivity contribution >= 4 is 23.2 Å². The summed E-state index contributed by atoms with van der Waals surface area (Å²) in [7, 11) is 0. The largest absolute Gasteiger partial charge is 0.481 e. The zero-order valence-electron chi connectivity index (χ0n) is 11.3. The number of rotatable bonds is 4. The van der Waals surface area contributed by atoms with Crippen LogP contribution in [0.3, 0.4) is 0 Å².